The molecule has 2 N–H and O–H groups in total. The second-order valence-electron chi connectivity index (χ2n) is 5.69. The Morgan fingerprint density at radius 2 is 1.48 bits per heavy atom. The quantitative estimate of drug-likeness (QED) is 0.670. The molecular formula is C20H20N4O3. The Morgan fingerprint density at radius 1 is 0.852 bits per heavy atom. The minimum absolute atomic E-state index is 0.254. The fourth-order valence-electron chi connectivity index (χ4n) is 2.36. The fraction of sp³-hybridized carbons (Fsp3) is 0.150. The van der Waals surface area contributed by atoms with Crippen molar-refractivity contribution < 1.29 is 14.3 Å². The van der Waals surface area contributed by atoms with Crippen LogP contribution < -0.4 is 20.1 Å². The van der Waals surface area contributed by atoms with Crippen LogP contribution in [0.25, 0.3) is 0 Å². The molecule has 0 atom stereocenters. The van der Waals surface area contributed by atoms with Crippen molar-refractivity contribution in [2.75, 3.05) is 19.5 Å². The normalized spacial score (nSPS) is 10.1. The maximum Gasteiger partial charge on any atom is 0.272 e. The molecule has 0 fully saturated rings. The minimum Gasteiger partial charge on any atom is -0.497 e. The molecule has 0 saturated carbocycles. The molecule has 0 saturated heterocycles. The van der Waals surface area contributed by atoms with E-state index in [0.717, 1.165) is 22.7 Å². The van der Waals surface area contributed by atoms with Crippen LogP contribution in [-0.2, 0) is 6.54 Å². The molecule has 0 radical (unpaired) electrons. The Kier molecular flexibility index (Phi) is 5.84. The topological polar surface area (TPSA) is 85.4 Å². The van der Waals surface area contributed by atoms with Gasteiger partial charge in [-0.1, -0.05) is 12.1 Å². The van der Waals surface area contributed by atoms with Crippen LogP contribution in [0.2, 0.25) is 0 Å². The summed E-state index contributed by atoms with van der Waals surface area (Å²) in [6.45, 7) is 0.399. The van der Waals surface area contributed by atoms with Crippen molar-refractivity contribution in [2.24, 2.45) is 0 Å². The van der Waals surface area contributed by atoms with Gasteiger partial charge in [-0.25, -0.2) is 0 Å². The highest BCUT2D eigenvalue weighted by atomic mass is 16.5. The molecule has 7 heteroatoms. The molecule has 3 aromatic rings. The number of anilines is 2. The highest BCUT2D eigenvalue weighted by molar-refractivity contribution is 5.92. The Bertz CT molecular complexity index is 879. The van der Waals surface area contributed by atoms with Crippen LogP contribution in [0.15, 0.2) is 60.7 Å². The van der Waals surface area contributed by atoms with Crippen molar-refractivity contribution in [1.29, 1.82) is 0 Å². The van der Waals surface area contributed by atoms with E-state index in [0.29, 0.717) is 12.4 Å². The van der Waals surface area contributed by atoms with E-state index in [2.05, 4.69) is 20.8 Å². The lowest BCUT2D eigenvalue weighted by atomic mass is 10.2. The Morgan fingerprint density at radius 3 is 2.04 bits per heavy atom. The zero-order valence-corrected chi connectivity index (χ0v) is 15.1. The molecule has 7 nitrogen and oxygen atoms in total. The van der Waals surface area contributed by atoms with Crippen molar-refractivity contribution in [3.05, 3.63) is 71.9 Å². The van der Waals surface area contributed by atoms with E-state index >= 15 is 0 Å². The molecule has 1 amide bonds. The largest absolute Gasteiger partial charge is 0.497 e. The summed E-state index contributed by atoms with van der Waals surface area (Å²) in [5, 5.41) is 14.0. The first-order valence-corrected chi connectivity index (χ1v) is 8.34. The predicted octanol–water partition coefficient (Wildman–Crippen LogP) is 3.17. The molecule has 27 heavy (non-hydrogen) atoms. The summed E-state index contributed by atoms with van der Waals surface area (Å²) in [5.41, 5.74) is 2.07. The highest BCUT2D eigenvalue weighted by Gasteiger charge is 2.08. The summed E-state index contributed by atoms with van der Waals surface area (Å²) in [7, 11) is 3.23. The number of ether oxygens (including phenoxy) is 2. The lowest BCUT2D eigenvalue weighted by Crippen LogP contribution is -2.24. The summed E-state index contributed by atoms with van der Waals surface area (Å²) in [6, 6.07) is 18.3. The average Bonchev–Trinajstić information content (AvgIpc) is 2.73. The molecule has 3 rings (SSSR count). The van der Waals surface area contributed by atoms with Crippen LogP contribution in [0.3, 0.4) is 0 Å². The molecule has 0 aliphatic heterocycles. The van der Waals surface area contributed by atoms with Gasteiger partial charge >= 0.3 is 0 Å². The molecule has 0 aliphatic rings. The van der Waals surface area contributed by atoms with E-state index in [1.54, 1.807) is 26.4 Å². The Balaban J connectivity index is 1.55. The lowest BCUT2D eigenvalue weighted by molar-refractivity contribution is 0.0945. The molecule has 1 aromatic heterocycles. The maximum atomic E-state index is 12.2. The molecule has 0 spiro atoms. The number of amides is 1. The summed E-state index contributed by atoms with van der Waals surface area (Å²) < 4.78 is 10.2. The van der Waals surface area contributed by atoms with Gasteiger partial charge in [0.2, 0.25) is 0 Å². The zero-order valence-electron chi connectivity index (χ0n) is 15.1. The third-order valence-electron chi connectivity index (χ3n) is 3.87. The number of rotatable bonds is 7. The summed E-state index contributed by atoms with van der Waals surface area (Å²) in [6.07, 6.45) is 0. The van der Waals surface area contributed by atoms with Gasteiger partial charge in [0.15, 0.2) is 11.5 Å². The second kappa shape index (κ2) is 8.66. The first kappa shape index (κ1) is 18.2. The van der Waals surface area contributed by atoms with Crippen molar-refractivity contribution in [1.82, 2.24) is 15.5 Å². The van der Waals surface area contributed by atoms with Gasteiger partial charge in [-0.05, 0) is 54.1 Å². The fourth-order valence-corrected chi connectivity index (χ4v) is 2.36. The van der Waals surface area contributed by atoms with Crippen molar-refractivity contribution in [3.63, 3.8) is 0 Å². The van der Waals surface area contributed by atoms with Gasteiger partial charge in [0, 0.05) is 12.2 Å². The van der Waals surface area contributed by atoms with Crippen LogP contribution in [-0.4, -0.2) is 30.3 Å². The van der Waals surface area contributed by atoms with Gasteiger partial charge in [0.1, 0.15) is 11.5 Å². The number of hydrogen-bond acceptors (Lipinski definition) is 6. The number of nitrogens with one attached hydrogen (secondary N) is 2. The van der Waals surface area contributed by atoms with Crippen LogP contribution in [0.5, 0.6) is 11.5 Å². The second-order valence-corrected chi connectivity index (χ2v) is 5.69. The standard InChI is InChI=1S/C20H20N4O3/c1-26-16-7-3-14(4-8-16)13-21-20(25)18-11-12-19(24-23-18)22-15-5-9-17(27-2)10-6-15/h3-12H,13H2,1-2H3,(H,21,25)(H,22,24). The van der Waals surface area contributed by atoms with Gasteiger partial charge < -0.3 is 20.1 Å². The number of carbonyl (C=O) groups is 1. The van der Waals surface area contributed by atoms with Gasteiger partial charge in [-0.3, -0.25) is 4.79 Å². The molecule has 0 aliphatic carbocycles. The van der Waals surface area contributed by atoms with Crippen LogP contribution in [0, 0.1) is 0 Å². The molecule has 0 bridgehead atoms. The first-order valence-electron chi connectivity index (χ1n) is 8.34. The number of hydrogen-bond donors (Lipinski definition) is 2. The van der Waals surface area contributed by atoms with E-state index in [1.807, 2.05) is 48.5 Å². The van der Waals surface area contributed by atoms with Crippen LogP contribution in [0.4, 0.5) is 11.5 Å². The number of aromatic nitrogens is 2. The van der Waals surface area contributed by atoms with E-state index in [1.165, 1.54) is 0 Å². The van der Waals surface area contributed by atoms with Gasteiger partial charge in [-0.15, -0.1) is 10.2 Å². The minimum atomic E-state index is -0.283. The Labute approximate surface area is 157 Å². The third kappa shape index (κ3) is 4.94. The SMILES string of the molecule is COc1ccc(CNC(=O)c2ccc(Nc3ccc(OC)cc3)nn2)cc1. The van der Waals surface area contributed by atoms with Crippen LogP contribution >= 0.6 is 0 Å². The van der Waals surface area contributed by atoms with Crippen molar-refractivity contribution >= 4 is 17.4 Å². The molecule has 0 unspecified atom stereocenters. The van der Waals surface area contributed by atoms with Crippen LogP contribution in [0.1, 0.15) is 16.1 Å². The summed E-state index contributed by atoms with van der Waals surface area (Å²) in [4.78, 5) is 12.2. The smallest absolute Gasteiger partial charge is 0.272 e. The zero-order chi connectivity index (χ0) is 19.1. The van der Waals surface area contributed by atoms with Crippen molar-refractivity contribution in [3.8, 4) is 11.5 Å². The Hall–Kier alpha value is -3.61. The third-order valence-corrected chi connectivity index (χ3v) is 3.87. The highest BCUT2D eigenvalue weighted by Crippen LogP contribution is 2.18. The van der Waals surface area contributed by atoms with E-state index < -0.39 is 0 Å². The molecule has 138 valence electrons. The van der Waals surface area contributed by atoms with Gasteiger partial charge in [-0.2, -0.15) is 0 Å². The average molecular weight is 364 g/mol. The van der Waals surface area contributed by atoms with Gasteiger partial charge in [0.05, 0.1) is 14.2 Å². The molecule has 1 heterocycles. The van der Waals surface area contributed by atoms with E-state index in [4.69, 9.17) is 9.47 Å². The monoisotopic (exact) mass is 364 g/mol. The first-order chi connectivity index (χ1) is 13.2. The number of methoxy groups -OCH3 is 2. The van der Waals surface area contributed by atoms with E-state index in [9.17, 15) is 4.79 Å². The summed E-state index contributed by atoms with van der Waals surface area (Å²) in [5.74, 6) is 1.81. The number of benzene rings is 2. The number of carbonyl (C=O) groups excluding carboxylic acids is 1. The molecule has 2 aromatic carbocycles. The molecular weight excluding hydrogens is 344 g/mol. The lowest BCUT2D eigenvalue weighted by Gasteiger charge is -2.08. The van der Waals surface area contributed by atoms with Gasteiger partial charge in [0.25, 0.3) is 5.91 Å². The maximum absolute atomic E-state index is 12.2. The van der Waals surface area contributed by atoms with E-state index in [-0.39, 0.29) is 11.6 Å². The predicted molar refractivity (Wildman–Crippen MR) is 102 cm³/mol. The summed E-state index contributed by atoms with van der Waals surface area (Å²) >= 11 is 0. The van der Waals surface area contributed by atoms with Crippen molar-refractivity contribution in [2.45, 2.75) is 6.54 Å². The number of nitrogens with zero attached hydrogens (tertiary/aromatic N) is 2.